The Morgan fingerprint density at radius 3 is 2.69 bits per heavy atom. The van der Waals surface area contributed by atoms with Gasteiger partial charge in [-0.1, -0.05) is 30.3 Å². The molecular weight excluding hydrogens is 158 g/mol. The lowest BCUT2D eigenvalue weighted by Gasteiger charge is -1.99. The first-order valence-corrected chi connectivity index (χ1v) is 5.08. The highest BCUT2D eigenvalue weighted by molar-refractivity contribution is 5.16. The average molecular weight is 175 g/mol. The average Bonchev–Trinajstić information content (AvgIpc) is 2.86. The van der Waals surface area contributed by atoms with Crippen LogP contribution in [0.1, 0.15) is 12.0 Å². The smallest absolute Gasteiger partial charge is 0.00206 e. The minimum absolute atomic E-state index is 0.935. The molecule has 0 heterocycles. The number of benzene rings is 1. The highest BCUT2D eigenvalue weighted by Gasteiger charge is 2.35. The second-order valence-electron chi connectivity index (χ2n) is 4.00. The lowest BCUT2D eigenvalue weighted by molar-refractivity contribution is 0.644. The molecule has 1 saturated carbocycles. The monoisotopic (exact) mass is 175 g/mol. The number of hydrogen-bond acceptors (Lipinski definition) is 1. The Morgan fingerprint density at radius 2 is 2.00 bits per heavy atom. The molecule has 1 aromatic carbocycles. The van der Waals surface area contributed by atoms with Gasteiger partial charge in [-0.2, -0.15) is 0 Å². The first-order chi connectivity index (χ1) is 6.40. The zero-order chi connectivity index (χ0) is 9.10. The molecule has 70 valence electrons. The quantitative estimate of drug-likeness (QED) is 0.739. The van der Waals surface area contributed by atoms with E-state index in [1.165, 1.54) is 24.9 Å². The second kappa shape index (κ2) is 3.93. The van der Waals surface area contributed by atoms with Crippen LogP contribution in [0.3, 0.4) is 0 Å². The molecule has 0 unspecified atom stereocenters. The Labute approximate surface area is 80.2 Å². The van der Waals surface area contributed by atoms with Crippen LogP contribution in [0.4, 0.5) is 0 Å². The molecule has 1 aliphatic rings. The van der Waals surface area contributed by atoms with E-state index in [-0.39, 0.29) is 0 Å². The molecule has 1 nitrogen and oxygen atoms in total. The summed E-state index contributed by atoms with van der Waals surface area (Å²) < 4.78 is 0. The van der Waals surface area contributed by atoms with Crippen molar-refractivity contribution in [2.75, 3.05) is 13.6 Å². The van der Waals surface area contributed by atoms with Crippen molar-refractivity contribution in [1.29, 1.82) is 0 Å². The van der Waals surface area contributed by atoms with E-state index in [0.29, 0.717) is 0 Å². The van der Waals surface area contributed by atoms with Crippen LogP contribution in [0, 0.1) is 11.8 Å². The standard InChI is InChI=1S/C12H17N/c1-13-9-12-8-11(12)7-10-5-3-2-4-6-10/h2-6,11-13H,7-9H2,1H3/t11-,12+/m1/s1. The predicted octanol–water partition coefficient (Wildman–Crippen LogP) is 2.08. The summed E-state index contributed by atoms with van der Waals surface area (Å²) in [5.41, 5.74) is 1.49. The van der Waals surface area contributed by atoms with Crippen molar-refractivity contribution in [3.05, 3.63) is 35.9 Å². The summed E-state index contributed by atoms with van der Waals surface area (Å²) in [4.78, 5) is 0. The van der Waals surface area contributed by atoms with Crippen molar-refractivity contribution in [2.45, 2.75) is 12.8 Å². The van der Waals surface area contributed by atoms with Crippen LogP contribution in [0.5, 0.6) is 0 Å². The number of hydrogen-bond donors (Lipinski definition) is 1. The van der Waals surface area contributed by atoms with Crippen LogP contribution < -0.4 is 5.32 Å². The summed E-state index contributed by atoms with van der Waals surface area (Å²) in [5.74, 6) is 1.88. The van der Waals surface area contributed by atoms with E-state index in [1.807, 2.05) is 7.05 Å². The summed E-state index contributed by atoms with van der Waals surface area (Å²) in [5, 5.41) is 3.25. The zero-order valence-electron chi connectivity index (χ0n) is 8.16. The summed E-state index contributed by atoms with van der Waals surface area (Å²) in [6.07, 6.45) is 2.68. The molecule has 0 spiro atoms. The molecule has 2 atom stereocenters. The maximum Gasteiger partial charge on any atom is -0.00206 e. The van der Waals surface area contributed by atoms with Gasteiger partial charge in [0, 0.05) is 0 Å². The molecule has 13 heavy (non-hydrogen) atoms. The van der Waals surface area contributed by atoms with Gasteiger partial charge < -0.3 is 5.32 Å². The molecule has 1 heteroatoms. The van der Waals surface area contributed by atoms with E-state index in [2.05, 4.69) is 35.6 Å². The molecule has 0 aliphatic heterocycles. The third-order valence-electron chi connectivity index (χ3n) is 2.88. The SMILES string of the molecule is CNC[C@@H]1C[C@H]1Cc1ccccc1. The van der Waals surface area contributed by atoms with Crippen molar-refractivity contribution in [3.8, 4) is 0 Å². The first-order valence-electron chi connectivity index (χ1n) is 5.08. The van der Waals surface area contributed by atoms with Crippen LogP contribution in [-0.4, -0.2) is 13.6 Å². The molecule has 1 aliphatic carbocycles. The number of rotatable bonds is 4. The molecule has 0 bridgehead atoms. The first kappa shape index (κ1) is 8.76. The Morgan fingerprint density at radius 1 is 1.23 bits per heavy atom. The maximum absolute atomic E-state index is 3.25. The van der Waals surface area contributed by atoms with Crippen LogP contribution in [0.15, 0.2) is 30.3 Å². The van der Waals surface area contributed by atoms with E-state index >= 15 is 0 Å². The summed E-state index contributed by atoms with van der Waals surface area (Å²) >= 11 is 0. The number of nitrogens with one attached hydrogen (secondary N) is 1. The molecule has 2 rings (SSSR count). The van der Waals surface area contributed by atoms with Gasteiger partial charge in [-0.15, -0.1) is 0 Å². The van der Waals surface area contributed by atoms with Crippen LogP contribution >= 0.6 is 0 Å². The molecule has 1 N–H and O–H groups in total. The van der Waals surface area contributed by atoms with Gasteiger partial charge in [0.2, 0.25) is 0 Å². The van der Waals surface area contributed by atoms with Crippen molar-refractivity contribution in [1.82, 2.24) is 5.32 Å². The summed E-state index contributed by atoms with van der Waals surface area (Å²) in [6.45, 7) is 1.19. The fraction of sp³-hybridized carbons (Fsp3) is 0.500. The summed E-state index contributed by atoms with van der Waals surface area (Å²) in [7, 11) is 2.04. The lowest BCUT2D eigenvalue weighted by atomic mass is 10.1. The van der Waals surface area contributed by atoms with E-state index in [4.69, 9.17) is 0 Å². The highest BCUT2D eigenvalue weighted by atomic mass is 14.8. The fourth-order valence-corrected chi connectivity index (χ4v) is 1.99. The predicted molar refractivity (Wildman–Crippen MR) is 55.7 cm³/mol. The van der Waals surface area contributed by atoms with Gasteiger partial charge in [0.1, 0.15) is 0 Å². The Balaban J connectivity index is 1.81. The van der Waals surface area contributed by atoms with Gasteiger partial charge in [-0.05, 0) is 43.8 Å². The molecule has 1 aromatic rings. The van der Waals surface area contributed by atoms with Crippen molar-refractivity contribution in [2.24, 2.45) is 11.8 Å². The molecule has 0 aromatic heterocycles. The van der Waals surface area contributed by atoms with Gasteiger partial charge in [0.05, 0.1) is 0 Å². The Kier molecular flexibility index (Phi) is 2.65. The minimum Gasteiger partial charge on any atom is -0.319 e. The highest BCUT2D eigenvalue weighted by Crippen LogP contribution is 2.40. The van der Waals surface area contributed by atoms with Crippen molar-refractivity contribution >= 4 is 0 Å². The van der Waals surface area contributed by atoms with Crippen LogP contribution in [0.2, 0.25) is 0 Å². The third kappa shape index (κ3) is 2.31. The second-order valence-corrected chi connectivity index (χ2v) is 4.00. The van der Waals surface area contributed by atoms with Gasteiger partial charge in [-0.3, -0.25) is 0 Å². The molecule has 0 saturated heterocycles. The molecular formula is C12H17N. The topological polar surface area (TPSA) is 12.0 Å². The zero-order valence-corrected chi connectivity index (χ0v) is 8.16. The molecule has 0 radical (unpaired) electrons. The van der Waals surface area contributed by atoms with Crippen LogP contribution in [-0.2, 0) is 6.42 Å². The van der Waals surface area contributed by atoms with Crippen molar-refractivity contribution < 1.29 is 0 Å². The van der Waals surface area contributed by atoms with Gasteiger partial charge in [-0.25, -0.2) is 0 Å². The van der Waals surface area contributed by atoms with E-state index in [9.17, 15) is 0 Å². The lowest BCUT2D eigenvalue weighted by Crippen LogP contribution is -2.10. The fourth-order valence-electron chi connectivity index (χ4n) is 1.99. The Bertz CT molecular complexity index is 255. The minimum atomic E-state index is 0.935. The Hall–Kier alpha value is -0.820. The third-order valence-corrected chi connectivity index (χ3v) is 2.88. The van der Waals surface area contributed by atoms with Gasteiger partial charge in [0.15, 0.2) is 0 Å². The maximum atomic E-state index is 3.25. The molecule has 1 fully saturated rings. The normalized spacial score (nSPS) is 25.9. The van der Waals surface area contributed by atoms with Gasteiger partial charge in [0.25, 0.3) is 0 Å². The van der Waals surface area contributed by atoms with E-state index in [1.54, 1.807) is 0 Å². The molecule has 0 amide bonds. The largest absolute Gasteiger partial charge is 0.319 e. The van der Waals surface area contributed by atoms with Gasteiger partial charge >= 0.3 is 0 Å². The van der Waals surface area contributed by atoms with E-state index in [0.717, 1.165) is 11.8 Å². The van der Waals surface area contributed by atoms with Crippen molar-refractivity contribution in [3.63, 3.8) is 0 Å². The van der Waals surface area contributed by atoms with E-state index < -0.39 is 0 Å². The van der Waals surface area contributed by atoms with Crippen LogP contribution in [0.25, 0.3) is 0 Å². The summed E-state index contributed by atoms with van der Waals surface area (Å²) in [6, 6.07) is 10.8.